The molecule has 0 aliphatic heterocycles. The molecule has 0 spiro atoms. The summed E-state index contributed by atoms with van der Waals surface area (Å²) in [6.45, 7) is 0.142. The summed E-state index contributed by atoms with van der Waals surface area (Å²) in [6, 6.07) is 16.6. The van der Waals surface area contributed by atoms with Crippen LogP contribution in [0.3, 0.4) is 0 Å². The Morgan fingerprint density at radius 3 is 2.68 bits per heavy atom. The zero-order valence-corrected chi connectivity index (χ0v) is 20.6. The number of hydrogen-bond acceptors (Lipinski definition) is 7. The maximum atomic E-state index is 12.9. The van der Waals surface area contributed by atoms with Gasteiger partial charge in [-0.15, -0.1) is 16.4 Å². The number of benzene rings is 1. The van der Waals surface area contributed by atoms with Gasteiger partial charge in [-0.2, -0.15) is 0 Å². The van der Waals surface area contributed by atoms with Crippen molar-refractivity contribution >= 4 is 40.4 Å². The van der Waals surface area contributed by atoms with Gasteiger partial charge in [0, 0.05) is 24.7 Å². The molecule has 2 N–H and O–H groups in total. The third kappa shape index (κ3) is 5.47. The summed E-state index contributed by atoms with van der Waals surface area (Å²) >= 11 is 7.08. The van der Waals surface area contributed by atoms with Crippen LogP contribution in [0.25, 0.3) is 11.4 Å². The van der Waals surface area contributed by atoms with Crippen LogP contribution in [0.4, 0.5) is 5.69 Å². The van der Waals surface area contributed by atoms with Crippen LogP contribution in [-0.4, -0.2) is 36.4 Å². The number of thiophene rings is 1. The number of amides is 2. The number of aromatic nitrogens is 5. The van der Waals surface area contributed by atoms with Crippen LogP contribution >= 0.6 is 22.9 Å². The smallest absolute Gasteiger partial charge is 0.261 e. The number of carbonyl (C=O) groups excluding carboxylic acids is 2. The average molecular weight is 532 g/mol. The van der Waals surface area contributed by atoms with E-state index in [9.17, 15) is 14.4 Å². The normalized spacial score (nSPS) is 10.7. The Morgan fingerprint density at radius 1 is 1.03 bits per heavy atom. The fourth-order valence-corrected chi connectivity index (χ4v) is 4.46. The van der Waals surface area contributed by atoms with E-state index in [1.54, 1.807) is 73.2 Å². The first kappa shape index (κ1) is 24.1. The first-order valence-electron chi connectivity index (χ1n) is 11.0. The molecule has 184 valence electrons. The molecule has 0 aliphatic carbocycles. The Bertz CT molecular complexity index is 1650. The van der Waals surface area contributed by atoms with Gasteiger partial charge in [-0.1, -0.05) is 22.9 Å². The first-order valence-corrected chi connectivity index (χ1v) is 12.2. The molecule has 0 saturated heterocycles. The molecule has 0 atom stereocenters. The van der Waals surface area contributed by atoms with Crippen molar-refractivity contribution in [2.45, 2.75) is 6.54 Å². The van der Waals surface area contributed by atoms with Gasteiger partial charge in [-0.05, 0) is 48.5 Å². The van der Waals surface area contributed by atoms with E-state index in [2.05, 4.69) is 25.9 Å². The molecule has 10 nitrogen and oxygen atoms in total. The van der Waals surface area contributed by atoms with E-state index in [0.717, 1.165) is 0 Å². The number of carbonyl (C=O) groups is 2. The van der Waals surface area contributed by atoms with E-state index in [-0.39, 0.29) is 23.9 Å². The second-order valence-electron chi connectivity index (χ2n) is 7.75. The molecule has 0 unspecified atom stereocenters. The third-order valence-electron chi connectivity index (χ3n) is 5.27. The summed E-state index contributed by atoms with van der Waals surface area (Å²) in [5, 5.41) is 14.0. The second kappa shape index (κ2) is 10.6. The van der Waals surface area contributed by atoms with Gasteiger partial charge in [0.25, 0.3) is 17.4 Å². The quantitative estimate of drug-likeness (QED) is 0.330. The molecular formula is C25H18ClN7O3S. The van der Waals surface area contributed by atoms with Gasteiger partial charge in [-0.25, -0.2) is 4.68 Å². The minimum Gasteiger partial charge on any atom is -0.346 e. The van der Waals surface area contributed by atoms with Crippen molar-refractivity contribution in [1.29, 1.82) is 0 Å². The van der Waals surface area contributed by atoms with E-state index in [1.165, 1.54) is 32.8 Å². The van der Waals surface area contributed by atoms with E-state index in [4.69, 9.17) is 11.6 Å². The molecule has 0 saturated carbocycles. The van der Waals surface area contributed by atoms with E-state index >= 15 is 0 Å². The van der Waals surface area contributed by atoms with Crippen molar-refractivity contribution in [3.8, 4) is 11.4 Å². The zero-order chi connectivity index (χ0) is 25.8. The van der Waals surface area contributed by atoms with Crippen molar-refractivity contribution in [2.24, 2.45) is 0 Å². The summed E-state index contributed by atoms with van der Waals surface area (Å²) < 4.78 is 3.47. The first-order chi connectivity index (χ1) is 18.0. The minimum atomic E-state index is -0.380. The Morgan fingerprint density at radius 2 is 1.92 bits per heavy atom. The van der Waals surface area contributed by atoms with E-state index < -0.39 is 0 Å². The highest BCUT2D eigenvalue weighted by molar-refractivity contribution is 7.18. The van der Waals surface area contributed by atoms with Crippen LogP contribution in [0, 0.1) is 0 Å². The molecule has 12 heteroatoms. The Balaban J connectivity index is 1.44. The lowest BCUT2D eigenvalue weighted by Gasteiger charge is -2.14. The highest BCUT2D eigenvalue weighted by Gasteiger charge is 2.15. The average Bonchev–Trinajstić information content (AvgIpc) is 3.57. The van der Waals surface area contributed by atoms with E-state index in [1.807, 2.05) is 0 Å². The highest BCUT2D eigenvalue weighted by Crippen LogP contribution is 2.24. The fourth-order valence-electron chi connectivity index (χ4n) is 3.50. The third-order valence-corrected chi connectivity index (χ3v) is 6.50. The van der Waals surface area contributed by atoms with Crippen LogP contribution in [0.5, 0.6) is 0 Å². The lowest BCUT2D eigenvalue weighted by molar-refractivity contribution is 0.0953. The van der Waals surface area contributed by atoms with Crippen molar-refractivity contribution in [1.82, 2.24) is 29.9 Å². The van der Waals surface area contributed by atoms with Crippen LogP contribution in [0.15, 0.2) is 90.2 Å². The number of pyridine rings is 2. The summed E-state index contributed by atoms with van der Waals surface area (Å²) in [6.07, 6.45) is 6.32. The maximum Gasteiger partial charge on any atom is 0.261 e. The summed E-state index contributed by atoms with van der Waals surface area (Å²) in [5.74, 6) is -0.650. The molecule has 0 bridgehead atoms. The van der Waals surface area contributed by atoms with Crippen molar-refractivity contribution < 1.29 is 9.59 Å². The molecule has 0 fully saturated rings. The van der Waals surface area contributed by atoms with Gasteiger partial charge in [0.1, 0.15) is 5.69 Å². The Labute approximate surface area is 219 Å². The molecule has 2 amide bonds. The van der Waals surface area contributed by atoms with Gasteiger partial charge in [0.15, 0.2) is 0 Å². The maximum absolute atomic E-state index is 12.9. The van der Waals surface area contributed by atoms with Crippen LogP contribution in [-0.2, 0) is 6.54 Å². The van der Waals surface area contributed by atoms with Gasteiger partial charge < -0.3 is 10.6 Å². The summed E-state index contributed by atoms with van der Waals surface area (Å²) in [5.41, 5.74) is 2.12. The number of rotatable bonds is 7. The number of halogens is 1. The molecule has 4 aromatic heterocycles. The molecule has 4 heterocycles. The van der Waals surface area contributed by atoms with Gasteiger partial charge in [0.2, 0.25) is 0 Å². The lowest BCUT2D eigenvalue weighted by Crippen LogP contribution is -2.21. The molecule has 5 rings (SSSR count). The van der Waals surface area contributed by atoms with E-state index in [0.29, 0.717) is 37.5 Å². The molecular weight excluding hydrogens is 514 g/mol. The molecule has 5 aromatic rings. The standard InChI is InChI=1S/C25H18ClN7O3S/c26-22-9-8-21(37-22)25(36)28-14-17-15-33(31-30-17)20-7-6-18(32-11-2-1-5-23(32)34)12-19(20)29-24(35)16-4-3-10-27-13-16/h1-13,15H,14H2,(H,28,36)(H,29,35). The second-order valence-corrected chi connectivity index (χ2v) is 9.46. The number of nitrogens with zero attached hydrogens (tertiary/aromatic N) is 5. The predicted octanol–water partition coefficient (Wildman–Crippen LogP) is 3.71. The molecule has 0 radical (unpaired) electrons. The van der Waals surface area contributed by atoms with Crippen molar-refractivity contribution in [2.75, 3.05) is 5.32 Å². The fraction of sp³-hybridized carbons (Fsp3) is 0.0400. The minimum absolute atomic E-state index is 0.142. The number of nitrogens with one attached hydrogen (secondary N) is 2. The summed E-state index contributed by atoms with van der Waals surface area (Å²) in [7, 11) is 0. The number of anilines is 1. The SMILES string of the molecule is O=C(Nc1cc(-n2ccccc2=O)ccc1-n1cc(CNC(=O)c2ccc(Cl)s2)nn1)c1cccnc1. The van der Waals surface area contributed by atoms with Crippen LogP contribution < -0.4 is 16.2 Å². The lowest BCUT2D eigenvalue weighted by atomic mass is 10.2. The van der Waals surface area contributed by atoms with Crippen molar-refractivity contribution in [3.63, 3.8) is 0 Å². The predicted molar refractivity (Wildman–Crippen MR) is 140 cm³/mol. The largest absolute Gasteiger partial charge is 0.346 e. The molecule has 37 heavy (non-hydrogen) atoms. The van der Waals surface area contributed by atoms with Crippen molar-refractivity contribution in [3.05, 3.63) is 116 Å². The van der Waals surface area contributed by atoms with Gasteiger partial charge in [0.05, 0.1) is 44.6 Å². The Kier molecular flexibility index (Phi) is 6.88. The number of hydrogen-bond donors (Lipinski definition) is 2. The Hall–Kier alpha value is -4.61. The molecule has 1 aromatic carbocycles. The van der Waals surface area contributed by atoms with Gasteiger partial charge in [-0.3, -0.25) is 23.9 Å². The summed E-state index contributed by atoms with van der Waals surface area (Å²) in [4.78, 5) is 42.1. The zero-order valence-electron chi connectivity index (χ0n) is 19.0. The van der Waals surface area contributed by atoms with Gasteiger partial charge >= 0.3 is 0 Å². The van der Waals surface area contributed by atoms with Crippen LogP contribution in [0.1, 0.15) is 25.7 Å². The monoisotopic (exact) mass is 531 g/mol. The molecule has 0 aliphatic rings. The van der Waals surface area contributed by atoms with Crippen LogP contribution in [0.2, 0.25) is 4.34 Å². The topological polar surface area (TPSA) is 124 Å². The highest BCUT2D eigenvalue weighted by atomic mass is 35.5.